The summed E-state index contributed by atoms with van der Waals surface area (Å²) in [5.41, 5.74) is 0.746. The number of halogens is 1. The van der Waals surface area contributed by atoms with E-state index >= 15 is 0 Å². The molecule has 5 heteroatoms. The molecule has 90 valence electrons. The summed E-state index contributed by atoms with van der Waals surface area (Å²) in [6.45, 7) is 2.54. The summed E-state index contributed by atoms with van der Waals surface area (Å²) in [5.74, 6) is -0.625. The minimum absolute atomic E-state index is 0.293. The molecule has 0 unspecified atom stereocenters. The molecule has 0 saturated carbocycles. The van der Waals surface area contributed by atoms with Gasteiger partial charge in [0.1, 0.15) is 5.82 Å². The van der Waals surface area contributed by atoms with Crippen molar-refractivity contribution in [3.63, 3.8) is 0 Å². The Kier molecular flexibility index (Phi) is 5.29. The van der Waals surface area contributed by atoms with Gasteiger partial charge in [-0.1, -0.05) is 12.1 Å². The topological polar surface area (TPSA) is 41.1 Å². The summed E-state index contributed by atoms with van der Waals surface area (Å²) in [4.78, 5) is 11.4. The number of hydrogen-bond donors (Lipinski definition) is 2. The third-order valence-electron chi connectivity index (χ3n) is 1.87. The van der Waals surface area contributed by atoms with Crippen LogP contribution in [-0.2, 0) is 4.79 Å². The number of thiocarbonyl (C=S) groups is 1. The summed E-state index contributed by atoms with van der Waals surface area (Å²) in [5, 5.41) is 5.57. The lowest BCUT2D eigenvalue weighted by Crippen LogP contribution is -2.38. The number of carbonyl (C=O) groups is 1. The van der Waals surface area contributed by atoms with Crippen LogP contribution < -0.4 is 10.6 Å². The first-order chi connectivity index (χ1) is 8.11. The largest absolute Gasteiger partial charge is 0.363 e. The Bertz CT molecular complexity index is 429. The molecule has 0 aliphatic heterocycles. The lowest BCUT2D eigenvalue weighted by Gasteiger charge is -2.04. The van der Waals surface area contributed by atoms with E-state index in [4.69, 9.17) is 12.2 Å². The van der Waals surface area contributed by atoms with Crippen LogP contribution in [0, 0.1) is 5.82 Å². The molecule has 3 nitrogen and oxygen atoms in total. The Morgan fingerprint density at radius 1 is 1.41 bits per heavy atom. The van der Waals surface area contributed by atoms with Crippen molar-refractivity contribution in [2.24, 2.45) is 0 Å². The first kappa shape index (κ1) is 13.3. The van der Waals surface area contributed by atoms with E-state index in [1.807, 2.05) is 6.92 Å². The van der Waals surface area contributed by atoms with Gasteiger partial charge in [0.25, 0.3) is 0 Å². The highest BCUT2D eigenvalue weighted by Gasteiger charge is 1.98. The van der Waals surface area contributed by atoms with Crippen LogP contribution in [-0.4, -0.2) is 17.6 Å². The number of nitrogens with one attached hydrogen (secondary N) is 2. The summed E-state index contributed by atoms with van der Waals surface area (Å²) in [6, 6.07) is 5.84. The highest BCUT2D eigenvalue weighted by molar-refractivity contribution is 7.80. The van der Waals surface area contributed by atoms with Gasteiger partial charge in [0.2, 0.25) is 5.91 Å². The molecule has 0 aromatic heterocycles. The number of benzene rings is 1. The summed E-state index contributed by atoms with van der Waals surface area (Å²) < 4.78 is 12.6. The van der Waals surface area contributed by atoms with Gasteiger partial charge in [0.15, 0.2) is 5.11 Å². The number of hydrogen-bond acceptors (Lipinski definition) is 2. The molecule has 0 spiro atoms. The van der Waals surface area contributed by atoms with Crippen LogP contribution in [0.25, 0.3) is 6.08 Å². The van der Waals surface area contributed by atoms with Gasteiger partial charge in [-0.05, 0) is 42.9 Å². The second-order valence-corrected chi connectivity index (χ2v) is 3.64. The van der Waals surface area contributed by atoms with Crippen LogP contribution >= 0.6 is 12.2 Å². The molecule has 1 amide bonds. The molecule has 17 heavy (non-hydrogen) atoms. The van der Waals surface area contributed by atoms with Crippen molar-refractivity contribution in [2.45, 2.75) is 6.92 Å². The molecule has 0 aliphatic carbocycles. The Balaban J connectivity index is 2.50. The monoisotopic (exact) mass is 252 g/mol. The molecule has 0 bridgehead atoms. The van der Waals surface area contributed by atoms with Gasteiger partial charge >= 0.3 is 0 Å². The van der Waals surface area contributed by atoms with Crippen molar-refractivity contribution in [2.75, 3.05) is 6.54 Å². The Morgan fingerprint density at radius 3 is 2.65 bits per heavy atom. The normalized spacial score (nSPS) is 10.2. The van der Waals surface area contributed by atoms with Gasteiger partial charge in [-0.2, -0.15) is 0 Å². The van der Waals surface area contributed by atoms with Crippen molar-refractivity contribution >= 4 is 29.3 Å². The minimum Gasteiger partial charge on any atom is -0.363 e. The van der Waals surface area contributed by atoms with Gasteiger partial charge in [-0.15, -0.1) is 0 Å². The van der Waals surface area contributed by atoms with Crippen molar-refractivity contribution in [3.05, 3.63) is 41.7 Å². The molecule has 0 fully saturated rings. The van der Waals surface area contributed by atoms with Crippen molar-refractivity contribution in [1.82, 2.24) is 10.6 Å². The van der Waals surface area contributed by atoms with E-state index in [9.17, 15) is 9.18 Å². The van der Waals surface area contributed by atoms with Gasteiger partial charge in [0.05, 0.1) is 0 Å². The first-order valence-electron chi connectivity index (χ1n) is 5.14. The van der Waals surface area contributed by atoms with Crippen LogP contribution in [0.1, 0.15) is 12.5 Å². The Labute approximate surface area is 105 Å². The second-order valence-electron chi connectivity index (χ2n) is 3.23. The molecule has 0 heterocycles. The third-order valence-corrected chi connectivity index (χ3v) is 2.12. The maximum absolute atomic E-state index is 12.6. The first-order valence-corrected chi connectivity index (χ1v) is 5.55. The van der Waals surface area contributed by atoms with Crippen LogP contribution in [0.4, 0.5) is 4.39 Å². The van der Waals surface area contributed by atoms with Gasteiger partial charge in [0, 0.05) is 12.6 Å². The van der Waals surface area contributed by atoms with Crippen LogP contribution in [0.3, 0.4) is 0 Å². The van der Waals surface area contributed by atoms with Crippen LogP contribution in [0.15, 0.2) is 30.3 Å². The molecular formula is C12H13FN2OS. The second kappa shape index (κ2) is 6.75. The Hall–Kier alpha value is -1.75. The smallest absolute Gasteiger partial charge is 0.250 e. The predicted molar refractivity (Wildman–Crippen MR) is 69.9 cm³/mol. The van der Waals surface area contributed by atoms with E-state index in [-0.39, 0.29) is 11.7 Å². The number of amides is 1. The fraction of sp³-hybridized carbons (Fsp3) is 0.167. The standard InChI is InChI=1S/C12H13FN2OS/c1-2-14-12(17)15-11(16)8-5-9-3-6-10(13)7-4-9/h3-8H,2H2,1H3,(H2,14,15,16,17). The summed E-state index contributed by atoms with van der Waals surface area (Å²) in [7, 11) is 0. The third kappa shape index (κ3) is 5.21. The zero-order valence-electron chi connectivity index (χ0n) is 9.37. The Morgan fingerprint density at radius 2 is 2.06 bits per heavy atom. The lowest BCUT2D eigenvalue weighted by atomic mass is 10.2. The number of carbonyl (C=O) groups excluding carboxylic acids is 1. The van der Waals surface area contributed by atoms with E-state index in [0.29, 0.717) is 11.7 Å². The van der Waals surface area contributed by atoms with Crippen molar-refractivity contribution in [3.8, 4) is 0 Å². The van der Waals surface area contributed by atoms with Crippen LogP contribution in [0.2, 0.25) is 0 Å². The average molecular weight is 252 g/mol. The molecular weight excluding hydrogens is 239 g/mol. The van der Waals surface area contributed by atoms with Gasteiger partial charge < -0.3 is 5.32 Å². The van der Waals surface area contributed by atoms with Crippen molar-refractivity contribution in [1.29, 1.82) is 0 Å². The minimum atomic E-state index is -0.319. The average Bonchev–Trinajstić information content (AvgIpc) is 2.28. The van der Waals surface area contributed by atoms with E-state index in [0.717, 1.165) is 5.56 Å². The maximum Gasteiger partial charge on any atom is 0.250 e. The summed E-state index contributed by atoms with van der Waals surface area (Å²) >= 11 is 4.85. The number of rotatable bonds is 3. The SMILES string of the molecule is CCNC(=S)NC(=O)C=Cc1ccc(F)cc1. The van der Waals surface area contributed by atoms with E-state index < -0.39 is 0 Å². The molecule has 1 rings (SSSR count). The van der Waals surface area contributed by atoms with Crippen molar-refractivity contribution < 1.29 is 9.18 Å². The highest BCUT2D eigenvalue weighted by atomic mass is 32.1. The van der Waals surface area contributed by atoms with Gasteiger partial charge in [-0.25, -0.2) is 4.39 Å². The highest BCUT2D eigenvalue weighted by Crippen LogP contribution is 2.04. The zero-order chi connectivity index (χ0) is 12.7. The predicted octanol–water partition coefficient (Wildman–Crippen LogP) is 1.85. The molecule has 0 atom stereocenters. The zero-order valence-corrected chi connectivity index (χ0v) is 10.2. The fourth-order valence-electron chi connectivity index (χ4n) is 1.10. The molecule has 0 radical (unpaired) electrons. The van der Waals surface area contributed by atoms with E-state index in [1.54, 1.807) is 18.2 Å². The maximum atomic E-state index is 12.6. The lowest BCUT2D eigenvalue weighted by molar-refractivity contribution is -0.115. The molecule has 1 aromatic rings. The van der Waals surface area contributed by atoms with E-state index in [2.05, 4.69) is 10.6 Å². The quantitative estimate of drug-likeness (QED) is 0.637. The molecule has 2 N–H and O–H groups in total. The molecule has 0 saturated heterocycles. The van der Waals surface area contributed by atoms with Crippen LogP contribution in [0.5, 0.6) is 0 Å². The van der Waals surface area contributed by atoms with E-state index in [1.165, 1.54) is 18.2 Å². The van der Waals surface area contributed by atoms with Gasteiger partial charge in [-0.3, -0.25) is 10.1 Å². The fourth-order valence-corrected chi connectivity index (χ4v) is 1.35. The molecule has 0 aliphatic rings. The molecule has 1 aromatic carbocycles. The summed E-state index contributed by atoms with van der Waals surface area (Å²) in [6.07, 6.45) is 2.93.